The van der Waals surface area contributed by atoms with Crippen LogP contribution in [0.25, 0.3) is 0 Å². The average Bonchev–Trinajstić information content (AvgIpc) is 3.00. The minimum absolute atomic E-state index is 0.152. The third-order valence-electron chi connectivity index (χ3n) is 8.56. The van der Waals surface area contributed by atoms with E-state index in [0.717, 1.165) is 0 Å². The highest BCUT2D eigenvalue weighted by atomic mass is 16.3. The predicted octanol–water partition coefficient (Wildman–Crippen LogP) is 5.56. The van der Waals surface area contributed by atoms with Gasteiger partial charge in [0.05, 0.1) is 17.8 Å². The zero-order valence-electron chi connectivity index (χ0n) is 19.8. The number of aliphatic hydroxyl groups is 3. The molecule has 0 aromatic rings. The van der Waals surface area contributed by atoms with Crippen LogP contribution in [0.15, 0.2) is 35.5 Å². The first-order chi connectivity index (χ1) is 14.0. The lowest BCUT2D eigenvalue weighted by atomic mass is 9.61. The molecule has 0 bridgehead atoms. The average molecular weight is 417 g/mol. The Balaban J connectivity index is 1.73. The summed E-state index contributed by atoms with van der Waals surface area (Å²) in [7, 11) is 0. The van der Waals surface area contributed by atoms with E-state index < -0.39 is 17.8 Å². The standard InChI is InChI=1S/C27H44O3/c1-18(8-9-19(2)26(3,4)30)24-12-13-25-21(7-6-14-27(24,25)5)11-10-20-15-22(28)17-23(29)16-20/h8-11,18-19,22-25,28-30H,6-7,12-17H2,1-5H3/t18?,19?,22?,23?,24-,25+,27+/m0/s1. The van der Waals surface area contributed by atoms with E-state index >= 15 is 0 Å². The third kappa shape index (κ3) is 5.29. The lowest BCUT2D eigenvalue weighted by Crippen LogP contribution is -2.35. The minimum Gasteiger partial charge on any atom is -0.393 e. The van der Waals surface area contributed by atoms with Gasteiger partial charge >= 0.3 is 0 Å². The molecule has 0 aromatic carbocycles. The molecule has 4 unspecified atom stereocenters. The van der Waals surface area contributed by atoms with Crippen molar-refractivity contribution in [1.29, 1.82) is 0 Å². The quantitative estimate of drug-likeness (QED) is 0.514. The molecule has 3 heteroatoms. The predicted molar refractivity (Wildman–Crippen MR) is 124 cm³/mol. The van der Waals surface area contributed by atoms with Gasteiger partial charge in [-0.15, -0.1) is 0 Å². The smallest absolute Gasteiger partial charge is 0.0651 e. The van der Waals surface area contributed by atoms with Crippen LogP contribution in [0.3, 0.4) is 0 Å². The molecule has 3 rings (SSSR count). The highest BCUT2D eigenvalue weighted by Crippen LogP contribution is 2.59. The van der Waals surface area contributed by atoms with E-state index in [1.165, 1.54) is 37.7 Å². The molecule has 3 aliphatic carbocycles. The van der Waals surface area contributed by atoms with Gasteiger partial charge in [-0.3, -0.25) is 0 Å². The van der Waals surface area contributed by atoms with Gasteiger partial charge in [0.1, 0.15) is 0 Å². The van der Waals surface area contributed by atoms with Crippen molar-refractivity contribution in [3.63, 3.8) is 0 Å². The van der Waals surface area contributed by atoms with Gasteiger partial charge in [0, 0.05) is 5.92 Å². The first-order valence-electron chi connectivity index (χ1n) is 12.2. The third-order valence-corrected chi connectivity index (χ3v) is 8.56. The molecule has 3 aliphatic rings. The first-order valence-corrected chi connectivity index (χ1v) is 12.2. The van der Waals surface area contributed by atoms with Crippen LogP contribution in [-0.4, -0.2) is 33.1 Å². The van der Waals surface area contributed by atoms with Crippen molar-refractivity contribution in [3.8, 4) is 0 Å². The second kappa shape index (κ2) is 9.30. The second-order valence-electron chi connectivity index (χ2n) is 11.3. The van der Waals surface area contributed by atoms with Gasteiger partial charge in [-0.05, 0) is 88.4 Å². The van der Waals surface area contributed by atoms with Crippen molar-refractivity contribution in [2.24, 2.45) is 29.1 Å². The minimum atomic E-state index is -0.674. The van der Waals surface area contributed by atoms with Gasteiger partial charge in [-0.2, -0.15) is 0 Å². The van der Waals surface area contributed by atoms with Crippen LogP contribution in [-0.2, 0) is 0 Å². The van der Waals surface area contributed by atoms with Crippen LogP contribution in [0.5, 0.6) is 0 Å². The second-order valence-corrected chi connectivity index (χ2v) is 11.3. The fourth-order valence-corrected chi connectivity index (χ4v) is 6.39. The largest absolute Gasteiger partial charge is 0.393 e. The summed E-state index contributed by atoms with van der Waals surface area (Å²) >= 11 is 0. The Bertz CT molecular complexity index is 671. The maximum atomic E-state index is 10.2. The van der Waals surface area contributed by atoms with Crippen LogP contribution in [0.1, 0.15) is 86.0 Å². The summed E-state index contributed by atoms with van der Waals surface area (Å²) in [5, 5.41) is 30.2. The molecule has 7 atom stereocenters. The lowest BCUT2D eigenvalue weighted by molar-refractivity contribution is 0.0436. The Hall–Kier alpha value is -0.900. The molecular formula is C27H44O3. The number of hydrogen-bond acceptors (Lipinski definition) is 3. The van der Waals surface area contributed by atoms with E-state index in [0.29, 0.717) is 42.4 Å². The summed E-state index contributed by atoms with van der Waals surface area (Å²) in [6, 6.07) is 0. The fraction of sp³-hybridized carbons (Fsp3) is 0.778. The normalized spacial score (nSPS) is 38.7. The molecule has 170 valence electrons. The van der Waals surface area contributed by atoms with E-state index in [1.807, 2.05) is 13.8 Å². The Morgan fingerprint density at radius 3 is 2.33 bits per heavy atom. The Labute approximate surface area is 184 Å². The molecule has 3 nitrogen and oxygen atoms in total. The Morgan fingerprint density at radius 2 is 1.70 bits per heavy atom. The van der Waals surface area contributed by atoms with Crippen LogP contribution in [0.4, 0.5) is 0 Å². The van der Waals surface area contributed by atoms with E-state index in [4.69, 9.17) is 0 Å². The van der Waals surface area contributed by atoms with Gasteiger partial charge < -0.3 is 15.3 Å². The van der Waals surface area contributed by atoms with Gasteiger partial charge in [0.25, 0.3) is 0 Å². The van der Waals surface area contributed by atoms with Crippen LogP contribution in [0.2, 0.25) is 0 Å². The number of allylic oxidation sites excluding steroid dienone is 4. The molecule has 0 radical (unpaired) electrons. The molecule has 0 aromatic heterocycles. The SMILES string of the molecule is CC(C=CC(C)C(C)(C)O)[C@@H]1CC[C@@H]2C(=CC=C3CC(O)CC(O)C3)CCC[C@@]21C. The highest BCUT2D eigenvalue weighted by Gasteiger charge is 2.50. The molecule has 0 saturated heterocycles. The molecular weight excluding hydrogens is 372 g/mol. The molecule has 3 saturated carbocycles. The number of fused-ring (bicyclic) bond motifs is 1. The summed E-state index contributed by atoms with van der Waals surface area (Å²) in [6.07, 6.45) is 16.5. The summed E-state index contributed by atoms with van der Waals surface area (Å²) < 4.78 is 0. The number of aliphatic hydroxyl groups excluding tert-OH is 2. The first kappa shape index (κ1) is 23.8. The van der Waals surface area contributed by atoms with Gasteiger partial charge in [-0.1, -0.05) is 56.2 Å². The molecule has 0 spiro atoms. The van der Waals surface area contributed by atoms with Gasteiger partial charge in [-0.25, -0.2) is 0 Å². The van der Waals surface area contributed by atoms with Crippen LogP contribution in [0, 0.1) is 29.1 Å². The van der Waals surface area contributed by atoms with Gasteiger partial charge in [0.15, 0.2) is 0 Å². The highest BCUT2D eigenvalue weighted by molar-refractivity contribution is 5.26. The van der Waals surface area contributed by atoms with Crippen molar-refractivity contribution in [3.05, 3.63) is 35.5 Å². The van der Waals surface area contributed by atoms with Crippen molar-refractivity contribution in [2.45, 2.75) is 104 Å². The molecule has 3 N–H and O–H groups in total. The van der Waals surface area contributed by atoms with E-state index in [1.54, 1.807) is 5.57 Å². The zero-order chi connectivity index (χ0) is 22.1. The van der Waals surface area contributed by atoms with Crippen molar-refractivity contribution < 1.29 is 15.3 Å². The maximum Gasteiger partial charge on any atom is 0.0651 e. The zero-order valence-corrected chi connectivity index (χ0v) is 19.8. The van der Waals surface area contributed by atoms with Crippen LogP contribution >= 0.6 is 0 Å². The van der Waals surface area contributed by atoms with Gasteiger partial charge in [0.2, 0.25) is 0 Å². The fourth-order valence-electron chi connectivity index (χ4n) is 6.39. The van der Waals surface area contributed by atoms with E-state index in [9.17, 15) is 15.3 Å². The van der Waals surface area contributed by atoms with Crippen molar-refractivity contribution in [2.75, 3.05) is 0 Å². The number of rotatable bonds is 5. The van der Waals surface area contributed by atoms with E-state index in [-0.39, 0.29) is 5.92 Å². The number of hydrogen-bond donors (Lipinski definition) is 3. The molecule has 30 heavy (non-hydrogen) atoms. The summed E-state index contributed by atoms with van der Waals surface area (Å²) in [6.45, 7) is 10.7. The monoisotopic (exact) mass is 416 g/mol. The van der Waals surface area contributed by atoms with Crippen molar-refractivity contribution >= 4 is 0 Å². The summed E-state index contributed by atoms with van der Waals surface area (Å²) in [5.74, 6) is 2.00. The Morgan fingerprint density at radius 1 is 1.03 bits per heavy atom. The lowest BCUT2D eigenvalue weighted by Gasteiger charge is -2.44. The Kier molecular flexibility index (Phi) is 7.37. The molecule has 0 aliphatic heterocycles. The maximum absolute atomic E-state index is 10.2. The van der Waals surface area contributed by atoms with Crippen molar-refractivity contribution in [1.82, 2.24) is 0 Å². The summed E-state index contributed by atoms with van der Waals surface area (Å²) in [4.78, 5) is 0. The van der Waals surface area contributed by atoms with E-state index in [2.05, 4.69) is 45.1 Å². The summed E-state index contributed by atoms with van der Waals surface area (Å²) in [5.41, 5.74) is 2.43. The topological polar surface area (TPSA) is 60.7 Å². The molecule has 0 heterocycles. The molecule has 3 fully saturated rings. The molecule has 0 amide bonds. The van der Waals surface area contributed by atoms with Crippen LogP contribution < -0.4 is 0 Å².